The van der Waals surface area contributed by atoms with Crippen molar-refractivity contribution in [2.45, 2.75) is 13.3 Å². The SMILES string of the molecule is CC=CC=CC(=O)NCCc1coc(-c2ccc(OC)cc2)n1. The highest BCUT2D eigenvalue weighted by molar-refractivity contribution is 5.87. The Labute approximate surface area is 135 Å². The Bertz CT molecular complexity index is 685. The zero-order chi connectivity index (χ0) is 16.5. The lowest BCUT2D eigenvalue weighted by Crippen LogP contribution is -2.23. The number of nitrogens with one attached hydrogen (secondary N) is 1. The van der Waals surface area contributed by atoms with Crippen LogP contribution in [0.1, 0.15) is 12.6 Å². The largest absolute Gasteiger partial charge is 0.497 e. The second-order valence-electron chi connectivity index (χ2n) is 4.80. The van der Waals surface area contributed by atoms with E-state index in [1.807, 2.05) is 37.3 Å². The minimum atomic E-state index is -0.123. The Morgan fingerprint density at radius 2 is 2.09 bits per heavy atom. The van der Waals surface area contributed by atoms with Crippen molar-refractivity contribution in [2.75, 3.05) is 13.7 Å². The molecule has 0 unspecified atom stereocenters. The first kappa shape index (κ1) is 16.5. The van der Waals surface area contributed by atoms with Crippen molar-refractivity contribution in [3.63, 3.8) is 0 Å². The lowest BCUT2D eigenvalue weighted by Gasteiger charge is -2.00. The molecule has 0 radical (unpaired) electrons. The van der Waals surface area contributed by atoms with Crippen molar-refractivity contribution in [1.82, 2.24) is 10.3 Å². The van der Waals surface area contributed by atoms with E-state index in [1.54, 1.807) is 25.5 Å². The average Bonchev–Trinajstić information content (AvgIpc) is 3.04. The molecular formula is C18H20N2O3. The monoisotopic (exact) mass is 312 g/mol. The first-order chi connectivity index (χ1) is 11.2. The lowest BCUT2D eigenvalue weighted by atomic mass is 10.2. The number of nitrogens with zero attached hydrogens (tertiary/aromatic N) is 1. The summed E-state index contributed by atoms with van der Waals surface area (Å²) in [5.74, 6) is 1.22. The smallest absolute Gasteiger partial charge is 0.243 e. The van der Waals surface area contributed by atoms with Crippen molar-refractivity contribution in [3.05, 3.63) is 60.5 Å². The van der Waals surface area contributed by atoms with E-state index in [0.717, 1.165) is 17.0 Å². The standard InChI is InChI=1S/C18H20N2O3/c1-3-4-5-6-17(21)19-12-11-15-13-23-18(20-15)14-7-9-16(22-2)10-8-14/h3-10,13H,11-12H2,1-2H3,(H,19,21). The number of rotatable bonds is 7. The van der Waals surface area contributed by atoms with E-state index in [0.29, 0.717) is 18.9 Å². The summed E-state index contributed by atoms with van der Waals surface area (Å²) < 4.78 is 10.6. The molecule has 23 heavy (non-hydrogen) atoms. The van der Waals surface area contributed by atoms with Crippen LogP contribution in [0, 0.1) is 0 Å². The molecule has 5 nitrogen and oxygen atoms in total. The molecule has 1 heterocycles. The van der Waals surface area contributed by atoms with Crippen molar-refractivity contribution >= 4 is 5.91 Å². The molecule has 0 fully saturated rings. The van der Waals surface area contributed by atoms with Crippen molar-refractivity contribution in [1.29, 1.82) is 0 Å². The van der Waals surface area contributed by atoms with Gasteiger partial charge in [0.25, 0.3) is 0 Å². The van der Waals surface area contributed by atoms with Gasteiger partial charge in [-0.2, -0.15) is 0 Å². The van der Waals surface area contributed by atoms with E-state index in [-0.39, 0.29) is 5.91 Å². The Balaban J connectivity index is 1.86. The highest BCUT2D eigenvalue weighted by Gasteiger charge is 2.07. The van der Waals surface area contributed by atoms with Crippen LogP contribution in [0.4, 0.5) is 0 Å². The molecular weight excluding hydrogens is 292 g/mol. The van der Waals surface area contributed by atoms with Gasteiger partial charge in [0, 0.05) is 24.6 Å². The minimum Gasteiger partial charge on any atom is -0.497 e. The fourth-order valence-electron chi connectivity index (χ4n) is 1.91. The predicted molar refractivity (Wildman–Crippen MR) is 89.2 cm³/mol. The Hall–Kier alpha value is -2.82. The number of benzene rings is 1. The molecule has 5 heteroatoms. The molecule has 1 amide bonds. The molecule has 1 N–H and O–H groups in total. The Morgan fingerprint density at radius 3 is 2.78 bits per heavy atom. The second-order valence-corrected chi connectivity index (χ2v) is 4.80. The number of carbonyl (C=O) groups is 1. The van der Waals surface area contributed by atoms with Gasteiger partial charge in [0.2, 0.25) is 11.8 Å². The fraction of sp³-hybridized carbons (Fsp3) is 0.222. The van der Waals surface area contributed by atoms with Crippen LogP contribution in [0.25, 0.3) is 11.5 Å². The molecule has 0 saturated heterocycles. The minimum absolute atomic E-state index is 0.123. The van der Waals surface area contributed by atoms with Crippen LogP contribution in [0.15, 0.2) is 59.2 Å². The number of amides is 1. The maximum absolute atomic E-state index is 11.5. The number of methoxy groups -OCH3 is 1. The van der Waals surface area contributed by atoms with E-state index in [9.17, 15) is 4.79 Å². The first-order valence-corrected chi connectivity index (χ1v) is 7.39. The molecule has 2 aromatic rings. The third kappa shape index (κ3) is 5.14. The van der Waals surface area contributed by atoms with E-state index in [2.05, 4.69) is 10.3 Å². The van der Waals surface area contributed by atoms with Gasteiger partial charge in [0.1, 0.15) is 12.0 Å². The molecule has 0 spiro atoms. The lowest BCUT2D eigenvalue weighted by molar-refractivity contribution is -0.116. The Kier molecular flexibility index (Phi) is 6.17. The summed E-state index contributed by atoms with van der Waals surface area (Å²) in [4.78, 5) is 15.9. The van der Waals surface area contributed by atoms with Gasteiger partial charge in [0.15, 0.2) is 0 Å². The number of aromatic nitrogens is 1. The van der Waals surface area contributed by atoms with Crippen LogP contribution >= 0.6 is 0 Å². The van der Waals surface area contributed by atoms with Gasteiger partial charge < -0.3 is 14.5 Å². The van der Waals surface area contributed by atoms with Crippen molar-refractivity contribution in [3.8, 4) is 17.2 Å². The maximum Gasteiger partial charge on any atom is 0.243 e. The summed E-state index contributed by atoms with van der Waals surface area (Å²) in [7, 11) is 1.63. The van der Waals surface area contributed by atoms with Crippen molar-refractivity contribution in [2.24, 2.45) is 0 Å². The molecule has 0 aliphatic heterocycles. The van der Waals surface area contributed by atoms with Gasteiger partial charge in [-0.15, -0.1) is 0 Å². The van der Waals surface area contributed by atoms with Crippen LogP contribution < -0.4 is 10.1 Å². The molecule has 0 saturated carbocycles. The highest BCUT2D eigenvalue weighted by atomic mass is 16.5. The maximum atomic E-state index is 11.5. The molecule has 120 valence electrons. The summed E-state index contributed by atoms with van der Waals surface area (Å²) in [6, 6.07) is 7.50. The number of hydrogen-bond donors (Lipinski definition) is 1. The molecule has 0 bridgehead atoms. The van der Waals surface area contributed by atoms with Gasteiger partial charge in [-0.3, -0.25) is 4.79 Å². The summed E-state index contributed by atoms with van der Waals surface area (Å²) in [5, 5.41) is 2.80. The van der Waals surface area contributed by atoms with Gasteiger partial charge in [0.05, 0.1) is 12.8 Å². The molecule has 0 atom stereocenters. The number of oxazole rings is 1. The molecule has 1 aromatic heterocycles. The molecule has 0 aliphatic rings. The highest BCUT2D eigenvalue weighted by Crippen LogP contribution is 2.21. The number of ether oxygens (including phenoxy) is 1. The van der Waals surface area contributed by atoms with Crippen LogP contribution in [0.3, 0.4) is 0 Å². The third-order valence-corrected chi connectivity index (χ3v) is 3.12. The van der Waals surface area contributed by atoms with Crippen LogP contribution in [0.5, 0.6) is 5.75 Å². The normalized spacial score (nSPS) is 11.2. The van der Waals surface area contributed by atoms with Crippen LogP contribution in [0.2, 0.25) is 0 Å². The van der Waals surface area contributed by atoms with E-state index in [4.69, 9.17) is 9.15 Å². The van der Waals surface area contributed by atoms with E-state index < -0.39 is 0 Å². The number of carbonyl (C=O) groups excluding carboxylic acids is 1. The predicted octanol–water partition coefficient (Wildman–Crippen LogP) is 3.14. The zero-order valence-electron chi connectivity index (χ0n) is 13.3. The van der Waals surface area contributed by atoms with Gasteiger partial charge in [-0.05, 0) is 31.2 Å². The fourth-order valence-corrected chi connectivity index (χ4v) is 1.91. The average molecular weight is 312 g/mol. The van der Waals surface area contributed by atoms with Crippen LogP contribution in [-0.4, -0.2) is 24.5 Å². The van der Waals surface area contributed by atoms with Crippen molar-refractivity contribution < 1.29 is 13.9 Å². The van der Waals surface area contributed by atoms with Crippen LogP contribution in [-0.2, 0) is 11.2 Å². The third-order valence-electron chi connectivity index (χ3n) is 3.12. The molecule has 1 aromatic carbocycles. The quantitative estimate of drug-likeness (QED) is 0.630. The van der Waals surface area contributed by atoms with Gasteiger partial charge >= 0.3 is 0 Å². The van der Waals surface area contributed by atoms with E-state index >= 15 is 0 Å². The first-order valence-electron chi connectivity index (χ1n) is 7.39. The second kappa shape index (κ2) is 8.58. The summed E-state index contributed by atoms with van der Waals surface area (Å²) >= 11 is 0. The topological polar surface area (TPSA) is 64.4 Å². The summed E-state index contributed by atoms with van der Waals surface area (Å²) in [6.45, 7) is 2.40. The number of allylic oxidation sites excluding steroid dienone is 3. The summed E-state index contributed by atoms with van der Waals surface area (Å²) in [5.41, 5.74) is 1.68. The zero-order valence-corrected chi connectivity index (χ0v) is 13.3. The Morgan fingerprint density at radius 1 is 1.30 bits per heavy atom. The van der Waals surface area contributed by atoms with E-state index in [1.165, 1.54) is 6.08 Å². The van der Waals surface area contributed by atoms with Gasteiger partial charge in [-0.1, -0.05) is 18.2 Å². The summed E-state index contributed by atoms with van der Waals surface area (Å²) in [6.07, 6.45) is 9.08. The number of hydrogen-bond acceptors (Lipinski definition) is 4. The molecule has 0 aliphatic carbocycles. The van der Waals surface area contributed by atoms with Gasteiger partial charge in [-0.25, -0.2) is 4.98 Å². The molecule has 2 rings (SSSR count).